The zero-order chi connectivity index (χ0) is 17.1. The van der Waals surface area contributed by atoms with Crippen LogP contribution >= 0.6 is 11.6 Å². The molecule has 1 fully saturated rings. The van der Waals surface area contributed by atoms with Crippen LogP contribution in [0.5, 0.6) is 0 Å². The van der Waals surface area contributed by atoms with Gasteiger partial charge in [-0.2, -0.15) is 0 Å². The Kier molecular flexibility index (Phi) is 5.07. The minimum Gasteiger partial charge on any atom is -0.393 e. The SMILES string of the molecule is Cc1cc(Cl)ccc1NC(=O)c1ccc(N2CCC(O)CC2)cc1. The van der Waals surface area contributed by atoms with E-state index in [0.29, 0.717) is 10.6 Å². The summed E-state index contributed by atoms with van der Waals surface area (Å²) in [6.07, 6.45) is 1.39. The van der Waals surface area contributed by atoms with Crippen molar-refractivity contribution < 1.29 is 9.90 Å². The van der Waals surface area contributed by atoms with E-state index >= 15 is 0 Å². The summed E-state index contributed by atoms with van der Waals surface area (Å²) < 4.78 is 0. The fourth-order valence-corrected chi connectivity index (χ4v) is 3.14. The van der Waals surface area contributed by atoms with Crippen molar-refractivity contribution in [2.24, 2.45) is 0 Å². The number of benzene rings is 2. The Hall–Kier alpha value is -2.04. The van der Waals surface area contributed by atoms with Gasteiger partial charge in [0.1, 0.15) is 0 Å². The van der Waals surface area contributed by atoms with Crippen LogP contribution in [0.2, 0.25) is 5.02 Å². The minimum absolute atomic E-state index is 0.138. The van der Waals surface area contributed by atoms with Crippen molar-refractivity contribution in [1.82, 2.24) is 0 Å². The highest BCUT2D eigenvalue weighted by molar-refractivity contribution is 6.30. The van der Waals surface area contributed by atoms with Crippen LogP contribution in [0, 0.1) is 6.92 Å². The number of carbonyl (C=O) groups is 1. The van der Waals surface area contributed by atoms with Crippen molar-refractivity contribution in [2.45, 2.75) is 25.9 Å². The summed E-state index contributed by atoms with van der Waals surface area (Å²) in [5, 5.41) is 13.2. The molecule has 126 valence electrons. The smallest absolute Gasteiger partial charge is 0.255 e. The highest BCUT2D eigenvalue weighted by Gasteiger charge is 2.17. The van der Waals surface area contributed by atoms with Gasteiger partial charge in [0.2, 0.25) is 0 Å². The molecule has 0 bridgehead atoms. The number of aliphatic hydroxyl groups is 1. The number of aryl methyl sites for hydroxylation is 1. The van der Waals surface area contributed by atoms with Crippen LogP contribution < -0.4 is 10.2 Å². The van der Waals surface area contributed by atoms with Gasteiger partial charge in [-0.1, -0.05) is 11.6 Å². The lowest BCUT2D eigenvalue weighted by atomic mass is 10.1. The van der Waals surface area contributed by atoms with Gasteiger partial charge in [-0.05, 0) is 67.8 Å². The molecule has 5 heteroatoms. The van der Waals surface area contributed by atoms with Crippen LogP contribution in [0.3, 0.4) is 0 Å². The van der Waals surface area contributed by atoms with E-state index in [1.807, 2.05) is 43.3 Å². The van der Waals surface area contributed by atoms with Crippen LogP contribution in [0.1, 0.15) is 28.8 Å². The second kappa shape index (κ2) is 7.24. The zero-order valence-corrected chi connectivity index (χ0v) is 14.4. The number of nitrogens with one attached hydrogen (secondary N) is 1. The van der Waals surface area contributed by atoms with Gasteiger partial charge in [0.05, 0.1) is 6.10 Å². The normalized spacial score (nSPS) is 15.4. The lowest BCUT2D eigenvalue weighted by Crippen LogP contribution is -2.35. The highest BCUT2D eigenvalue weighted by atomic mass is 35.5. The highest BCUT2D eigenvalue weighted by Crippen LogP contribution is 2.22. The molecule has 1 amide bonds. The monoisotopic (exact) mass is 344 g/mol. The third-order valence-corrected chi connectivity index (χ3v) is 4.63. The Bertz CT molecular complexity index is 723. The average molecular weight is 345 g/mol. The average Bonchev–Trinajstić information content (AvgIpc) is 2.58. The molecular weight excluding hydrogens is 324 g/mol. The van der Waals surface area contributed by atoms with E-state index in [-0.39, 0.29) is 12.0 Å². The number of anilines is 2. The first-order valence-electron chi connectivity index (χ1n) is 8.13. The van der Waals surface area contributed by atoms with Crippen LogP contribution in [0.15, 0.2) is 42.5 Å². The summed E-state index contributed by atoms with van der Waals surface area (Å²) in [7, 11) is 0. The Balaban J connectivity index is 1.67. The molecule has 0 aromatic heterocycles. The third kappa shape index (κ3) is 3.89. The zero-order valence-electron chi connectivity index (χ0n) is 13.6. The van der Waals surface area contributed by atoms with Crippen molar-refractivity contribution in [2.75, 3.05) is 23.3 Å². The van der Waals surface area contributed by atoms with E-state index in [0.717, 1.165) is 42.9 Å². The maximum atomic E-state index is 12.4. The van der Waals surface area contributed by atoms with E-state index in [2.05, 4.69) is 10.2 Å². The van der Waals surface area contributed by atoms with E-state index in [9.17, 15) is 9.90 Å². The molecule has 2 aromatic carbocycles. The predicted molar refractivity (Wildman–Crippen MR) is 98.0 cm³/mol. The Morgan fingerprint density at radius 2 is 1.83 bits per heavy atom. The molecule has 1 aliphatic rings. The van der Waals surface area contributed by atoms with E-state index in [1.165, 1.54) is 0 Å². The Morgan fingerprint density at radius 1 is 1.17 bits per heavy atom. The molecule has 0 unspecified atom stereocenters. The van der Waals surface area contributed by atoms with Gasteiger partial charge in [0.15, 0.2) is 0 Å². The molecule has 0 aliphatic carbocycles. The number of hydrogen-bond acceptors (Lipinski definition) is 3. The fourth-order valence-electron chi connectivity index (χ4n) is 2.91. The number of hydrogen-bond donors (Lipinski definition) is 2. The van der Waals surface area contributed by atoms with E-state index in [4.69, 9.17) is 11.6 Å². The molecule has 0 saturated carbocycles. The van der Waals surface area contributed by atoms with Crippen molar-refractivity contribution in [1.29, 1.82) is 0 Å². The Labute approximate surface area is 147 Å². The van der Waals surface area contributed by atoms with Crippen molar-refractivity contribution in [3.8, 4) is 0 Å². The third-order valence-electron chi connectivity index (χ3n) is 4.40. The molecule has 1 saturated heterocycles. The van der Waals surface area contributed by atoms with Crippen LogP contribution in [0.25, 0.3) is 0 Å². The maximum Gasteiger partial charge on any atom is 0.255 e. The van der Waals surface area contributed by atoms with Gasteiger partial charge in [-0.15, -0.1) is 0 Å². The van der Waals surface area contributed by atoms with Gasteiger partial charge in [-0.25, -0.2) is 0 Å². The predicted octanol–water partition coefficient (Wildman–Crippen LogP) is 3.86. The van der Waals surface area contributed by atoms with Gasteiger partial charge in [-0.3, -0.25) is 4.79 Å². The molecule has 2 N–H and O–H groups in total. The maximum absolute atomic E-state index is 12.4. The molecule has 3 rings (SSSR count). The summed E-state index contributed by atoms with van der Waals surface area (Å²) in [4.78, 5) is 14.6. The summed E-state index contributed by atoms with van der Waals surface area (Å²) in [6.45, 7) is 3.60. The Morgan fingerprint density at radius 3 is 2.46 bits per heavy atom. The summed E-state index contributed by atoms with van der Waals surface area (Å²) in [6, 6.07) is 13.0. The number of halogens is 1. The quantitative estimate of drug-likeness (QED) is 0.888. The minimum atomic E-state index is -0.186. The first kappa shape index (κ1) is 16.8. The standard InChI is InChI=1S/C19H21ClN2O2/c1-13-12-15(20)4-7-18(13)21-19(24)14-2-5-16(6-3-14)22-10-8-17(23)9-11-22/h2-7,12,17,23H,8-11H2,1H3,(H,21,24). The molecule has 1 aliphatic heterocycles. The summed E-state index contributed by atoms with van der Waals surface area (Å²) in [5.74, 6) is -0.138. The second-order valence-corrected chi connectivity index (χ2v) is 6.61. The fraction of sp³-hybridized carbons (Fsp3) is 0.316. The largest absolute Gasteiger partial charge is 0.393 e. The van der Waals surface area contributed by atoms with Gasteiger partial charge in [0, 0.05) is 35.1 Å². The molecule has 0 atom stereocenters. The van der Waals surface area contributed by atoms with Crippen molar-refractivity contribution >= 4 is 28.9 Å². The number of carbonyl (C=O) groups excluding carboxylic acids is 1. The van der Waals surface area contributed by atoms with Crippen molar-refractivity contribution in [3.63, 3.8) is 0 Å². The van der Waals surface area contributed by atoms with E-state index in [1.54, 1.807) is 6.07 Å². The number of piperidine rings is 1. The second-order valence-electron chi connectivity index (χ2n) is 6.18. The summed E-state index contributed by atoms with van der Waals surface area (Å²) in [5.41, 5.74) is 3.39. The first-order chi connectivity index (χ1) is 11.5. The van der Waals surface area contributed by atoms with Gasteiger partial charge in [0.25, 0.3) is 5.91 Å². The first-order valence-corrected chi connectivity index (χ1v) is 8.51. The molecule has 1 heterocycles. The van der Waals surface area contributed by atoms with Crippen LogP contribution in [0.4, 0.5) is 11.4 Å². The molecule has 4 nitrogen and oxygen atoms in total. The van der Waals surface area contributed by atoms with Crippen molar-refractivity contribution in [3.05, 3.63) is 58.6 Å². The lowest BCUT2D eigenvalue weighted by molar-refractivity contribution is 0.102. The number of rotatable bonds is 3. The van der Waals surface area contributed by atoms with E-state index < -0.39 is 0 Å². The van der Waals surface area contributed by atoms with Gasteiger partial charge >= 0.3 is 0 Å². The summed E-state index contributed by atoms with van der Waals surface area (Å²) >= 11 is 5.94. The number of nitrogens with zero attached hydrogens (tertiary/aromatic N) is 1. The molecule has 0 radical (unpaired) electrons. The van der Waals surface area contributed by atoms with Crippen LogP contribution in [-0.4, -0.2) is 30.2 Å². The number of aliphatic hydroxyl groups excluding tert-OH is 1. The molecule has 2 aromatic rings. The topological polar surface area (TPSA) is 52.6 Å². The van der Waals surface area contributed by atoms with Gasteiger partial charge < -0.3 is 15.3 Å². The molecule has 0 spiro atoms. The number of amides is 1. The lowest BCUT2D eigenvalue weighted by Gasteiger charge is -2.31. The molecular formula is C19H21ClN2O2. The molecule has 24 heavy (non-hydrogen) atoms. The van der Waals surface area contributed by atoms with Crippen LogP contribution in [-0.2, 0) is 0 Å².